The van der Waals surface area contributed by atoms with Crippen molar-refractivity contribution in [3.63, 3.8) is 0 Å². The van der Waals surface area contributed by atoms with Crippen LogP contribution in [0.4, 0.5) is 0 Å². The van der Waals surface area contributed by atoms with Gasteiger partial charge in [-0.15, -0.1) is 0 Å². The van der Waals surface area contributed by atoms with Crippen LogP contribution in [-0.4, -0.2) is 20.0 Å². The second-order valence-corrected chi connectivity index (χ2v) is 9.28. The highest BCUT2D eigenvalue weighted by Gasteiger charge is 2.16. The van der Waals surface area contributed by atoms with Gasteiger partial charge in [-0.25, -0.2) is 0 Å². The quantitative estimate of drug-likeness (QED) is 0.218. The SMILES string of the molecule is COc1ccc(-c2cc(C(=O)c3cc(-c4ccc(OC)cc4)c4ccccc4c3)cc3ccccc23)cc1. The Morgan fingerprint density at radius 3 is 1.29 bits per heavy atom. The van der Waals surface area contributed by atoms with Crippen LogP contribution < -0.4 is 9.47 Å². The zero-order valence-electron chi connectivity index (χ0n) is 21.3. The van der Waals surface area contributed by atoms with Crippen molar-refractivity contribution in [2.24, 2.45) is 0 Å². The molecular formula is C35H26O3. The van der Waals surface area contributed by atoms with E-state index in [0.29, 0.717) is 11.1 Å². The Labute approximate surface area is 221 Å². The van der Waals surface area contributed by atoms with Crippen molar-refractivity contribution in [1.29, 1.82) is 0 Å². The van der Waals surface area contributed by atoms with E-state index in [1.165, 1.54) is 0 Å². The van der Waals surface area contributed by atoms with Crippen LogP contribution in [0.15, 0.2) is 121 Å². The number of ketones is 1. The van der Waals surface area contributed by atoms with E-state index in [0.717, 1.165) is 55.3 Å². The van der Waals surface area contributed by atoms with Crippen LogP contribution in [0.1, 0.15) is 15.9 Å². The molecule has 0 aliphatic heterocycles. The largest absolute Gasteiger partial charge is 0.497 e. The van der Waals surface area contributed by atoms with Crippen molar-refractivity contribution >= 4 is 27.3 Å². The van der Waals surface area contributed by atoms with Crippen LogP contribution in [-0.2, 0) is 0 Å². The van der Waals surface area contributed by atoms with Crippen LogP contribution in [0.5, 0.6) is 11.5 Å². The molecule has 3 heteroatoms. The van der Waals surface area contributed by atoms with Gasteiger partial charge in [0, 0.05) is 11.1 Å². The second-order valence-electron chi connectivity index (χ2n) is 9.28. The van der Waals surface area contributed by atoms with Gasteiger partial charge in [0.05, 0.1) is 14.2 Å². The third kappa shape index (κ3) is 4.29. The molecule has 0 aromatic heterocycles. The molecule has 0 unspecified atom stereocenters. The van der Waals surface area contributed by atoms with Gasteiger partial charge in [-0.3, -0.25) is 4.79 Å². The van der Waals surface area contributed by atoms with Gasteiger partial charge in [0.15, 0.2) is 5.78 Å². The minimum atomic E-state index is -0.00831. The molecule has 3 nitrogen and oxygen atoms in total. The molecular weight excluding hydrogens is 468 g/mol. The summed E-state index contributed by atoms with van der Waals surface area (Å²) in [6.07, 6.45) is 0. The van der Waals surface area contributed by atoms with Gasteiger partial charge >= 0.3 is 0 Å². The van der Waals surface area contributed by atoms with Crippen molar-refractivity contribution < 1.29 is 14.3 Å². The fraction of sp³-hybridized carbons (Fsp3) is 0.0571. The first kappa shape index (κ1) is 23.5. The normalized spacial score (nSPS) is 11.0. The second kappa shape index (κ2) is 9.87. The molecule has 0 bridgehead atoms. The zero-order chi connectivity index (χ0) is 26.1. The van der Waals surface area contributed by atoms with Crippen molar-refractivity contribution in [1.82, 2.24) is 0 Å². The van der Waals surface area contributed by atoms with Crippen molar-refractivity contribution in [2.45, 2.75) is 0 Å². The smallest absolute Gasteiger partial charge is 0.193 e. The Bertz CT molecular complexity index is 1650. The number of methoxy groups -OCH3 is 2. The molecule has 0 saturated carbocycles. The Kier molecular flexibility index (Phi) is 6.11. The molecule has 6 aromatic carbocycles. The van der Waals surface area contributed by atoms with E-state index in [1.807, 2.05) is 97.1 Å². The molecule has 0 saturated heterocycles. The van der Waals surface area contributed by atoms with E-state index >= 15 is 0 Å². The lowest BCUT2D eigenvalue weighted by atomic mass is 9.90. The summed E-state index contributed by atoms with van der Waals surface area (Å²) in [7, 11) is 3.32. The van der Waals surface area contributed by atoms with Crippen LogP contribution in [0.25, 0.3) is 43.8 Å². The molecule has 0 atom stereocenters. The van der Waals surface area contributed by atoms with Gasteiger partial charge in [-0.05, 0) is 92.3 Å². The Morgan fingerprint density at radius 1 is 0.500 bits per heavy atom. The van der Waals surface area contributed by atoms with Crippen LogP contribution in [0, 0.1) is 0 Å². The minimum Gasteiger partial charge on any atom is -0.497 e. The highest BCUT2D eigenvalue weighted by molar-refractivity contribution is 6.15. The first-order valence-electron chi connectivity index (χ1n) is 12.5. The Balaban J connectivity index is 1.51. The number of benzene rings is 6. The molecule has 0 spiro atoms. The summed E-state index contributed by atoms with van der Waals surface area (Å²) in [5.41, 5.74) is 5.43. The van der Waals surface area contributed by atoms with Crippen LogP contribution in [0.3, 0.4) is 0 Å². The van der Waals surface area contributed by atoms with E-state index in [-0.39, 0.29) is 5.78 Å². The highest BCUT2D eigenvalue weighted by Crippen LogP contribution is 2.35. The topological polar surface area (TPSA) is 35.5 Å². The van der Waals surface area contributed by atoms with Gasteiger partial charge in [0.1, 0.15) is 11.5 Å². The predicted molar refractivity (Wildman–Crippen MR) is 155 cm³/mol. The van der Waals surface area contributed by atoms with E-state index in [1.54, 1.807) is 14.2 Å². The predicted octanol–water partition coefficient (Wildman–Crippen LogP) is 8.58. The molecule has 38 heavy (non-hydrogen) atoms. The average molecular weight is 495 g/mol. The first-order chi connectivity index (χ1) is 18.6. The minimum absolute atomic E-state index is 0.00831. The van der Waals surface area contributed by atoms with Crippen molar-refractivity contribution in [3.8, 4) is 33.8 Å². The van der Waals surface area contributed by atoms with E-state index in [4.69, 9.17) is 9.47 Å². The summed E-state index contributed by atoms with van der Waals surface area (Å²) in [4.78, 5) is 14.1. The maximum absolute atomic E-state index is 14.1. The fourth-order valence-electron chi connectivity index (χ4n) is 5.07. The third-order valence-electron chi connectivity index (χ3n) is 7.05. The highest BCUT2D eigenvalue weighted by atomic mass is 16.5. The summed E-state index contributed by atoms with van der Waals surface area (Å²) < 4.78 is 10.7. The monoisotopic (exact) mass is 494 g/mol. The fourth-order valence-corrected chi connectivity index (χ4v) is 5.07. The average Bonchev–Trinajstić information content (AvgIpc) is 2.99. The summed E-state index contributed by atoms with van der Waals surface area (Å²) >= 11 is 0. The van der Waals surface area contributed by atoms with Crippen LogP contribution in [0.2, 0.25) is 0 Å². The standard InChI is InChI=1S/C35H26O3/c1-37-29-15-11-23(12-16-29)33-21-27(19-25-7-3-5-9-31(25)33)35(36)28-20-26-8-4-6-10-32(26)34(22-28)24-13-17-30(38-2)18-14-24/h3-22H,1-2H3. The van der Waals surface area contributed by atoms with Crippen molar-refractivity contribution in [3.05, 3.63) is 132 Å². The van der Waals surface area contributed by atoms with Gasteiger partial charge in [0.25, 0.3) is 0 Å². The number of carbonyl (C=O) groups excluding carboxylic acids is 1. The molecule has 0 aliphatic rings. The molecule has 184 valence electrons. The third-order valence-corrected chi connectivity index (χ3v) is 7.05. The maximum Gasteiger partial charge on any atom is 0.193 e. The van der Waals surface area contributed by atoms with Gasteiger partial charge < -0.3 is 9.47 Å². The molecule has 6 rings (SSSR count). The Hall–Kier alpha value is -4.89. The maximum atomic E-state index is 14.1. The number of ether oxygens (including phenoxy) is 2. The van der Waals surface area contributed by atoms with E-state index in [2.05, 4.69) is 24.3 Å². The molecule has 0 radical (unpaired) electrons. The summed E-state index contributed by atoms with van der Waals surface area (Å²) in [6, 6.07) is 40.3. The lowest BCUT2D eigenvalue weighted by Gasteiger charge is -2.13. The lowest BCUT2D eigenvalue weighted by molar-refractivity contribution is 0.103. The number of carbonyl (C=O) groups is 1. The first-order valence-corrected chi connectivity index (χ1v) is 12.5. The number of rotatable bonds is 6. The number of fused-ring (bicyclic) bond motifs is 2. The molecule has 0 aliphatic carbocycles. The zero-order valence-corrected chi connectivity index (χ0v) is 21.3. The van der Waals surface area contributed by atoms with Gasteiger partial charge in [0.2, 0.25) is 0 Å². The summed E-state index contributed by atoms with van der Waals surface area (Å²) in [5.74, 6) is 1.59. The van der Waals surface area contributed by atoms with E-state index < -0.39 is 0 Å². The van der Waals surface area contributed by atoms with Gasteiger partial charge in [-0.2, -0.15) is 0 Å². The van der Waals surface area contributed by atoms with E-state index in [9.17, 15) is 4.79 Å². The molecule has 0 N–H and O–H groups in total. The number of hydrogen-bond donors (Lipinski definition) is 0. The molecule has 6 aromatic rings. The van der Waals surface area contributed by atoms with Gasteiger partial charge in [-0.1, -0.05) is 72.8 Å². The molecule has 0 heterocycles. The van der Waals surface area contributed by atoms with Crippen LogP contribution >= 0.6 is 0 Å². The summed E-state index contributed by atoms with van der Waals surface area (Å²) in [6.45, 7) is 0. The summed E-state index contributed by atoms with van der Waals surface area (Å²) in [5, 5.41) is 4.26. The Morgan fingerprint density at radius 2 is 0.895 bits per heavy atom. The van der Waals surface area contributed by atoms with Crippen molar-refractivity contribution in [2.75, 3.05) is 14.2 Å². The number of hydrogen-bond acceptors (Lipinski definition) is 3. The lowest BCUT2D eigenvalue weighted by Crippen LogP contribution is -2.03. The molecule has 0 amide bonds. The molecule has 0 fully saturated rings.